The number of fused-ring (bicyclic) bond motifs is 2. The molecule has 122 valence electrons. The summed E-state index contributed by atoms with van der Waals surface area (Å²) in [5, 5.41) is 4.70. The van der Waals surface area contributed by atoms with Crippen molar-refractivity contribution in [3.8, 4) is 11.3 Å². The van der Waals surface area contributed by atoms with E-state index in [0.717, 1.165) is 29.3 Å². The van der Waals surface area contributed by atoms with Crippen molar-refractivity contribution in [2.24, 2.45) is 7.05 Å². The maximum Gasteiger partial charge on any atom is 0.139 e. The molecule has 0 aliphatic carbocycles. The van der Waals surface area contributed by atoms with Crippen molar-refractivity contribution in [1.29, 1.82) is 0 Å². The van der Waals surface area contributed by atoms with Crippen molar-refractivity contribution >= 4 is 22.4 Å². The molecule has 0 atom stereocenters. The molecule has 5 heteroatoms. The van der Waals surface area contributed by atoms with Gasteiger partial charge in [-0.05, 0) is 29.7 Å². The summed E-state index contributed by atoms with van der Waals surface area (Å²) in [6.07, 6.45) is 4.11. The van der Waals surface area contributed by atoms with Gasteiger partial charge in [0, 0.05) is 44.2 Å². The Morgan fingerprint density at radius 1 is 1.12 bits per heavy atom. The molecule has 0 saturated heterocycles. The monoisotopic (exact) mass is 320 g/mol. The first-order valence-corrected chi connectivity index (χ1v) is 8.03. The summed E-state index contributed by atoms with van der Waals surface area (Å²) < 4.78 is 9.38. The van der Waals surface area contributed by atoms with E-state index >= 15 is 0 Å². The minimum atomic E-state index is 0.649. The van der Waals surface area contributed by atoms with Gasteiger partial charge in [-0.2, -0.15) is 0 Å². The highest BCUT2D eigenvalue weighted by molar-refractivity contribution is 5.87. The van der Waals surface area contributed by atoms with Crippen LogP contribution in [0.1, 0.15) is 0 Å². The van der Waals surface area contributed by atoms with E-state index in [2.05, 4.69) is 51.8 Å². The molecule has 0 aliphatic heterocycles. The maximum absolute atomic E-state index is 5.17. The number of nitrogens with one attached hydrogen (secondary N) is 1. The molecule has 0 amide bonds. The Hall–Kier alpha value is -2.79. The Labute approximate surface area is 140 Å². The number of anilines is 1. The van der Waals surface area contributed by atoms with Crippen LogP contribution in [0.4, 0.5) is 5.82 Å². The van der Waals surface area contributed by atoms with Crippen molar-refractivity contribution in [3.63, 3.8) is 0 Å². The van der Waals surface area contributed by atoms with Crippen LogP contribution in [0.25, 0.3) is 27.8 Å². The zero-order chi connectivity index (χ0) is 16.5. The van der Waals surface area contributed by atoms with Gasteiger partial charge >= 0.3 is 0 Å². The summed E-state index contributed by atoms with van der Waals surface area (Å²) in [5.41, 5.74) is 4.19. The molecular weight excluding hydrogens is 300 g/mol. The van der Waals surface area contributed by atoms with Gasteiger partial charge < -0.3 is 14.6 Å². The number of hydrogen-bond acceptors (Lipinski definition) is 3. The number of nitrogens with zero attached hydrogens (tertiary/aromatic N) is 3. The van der Waals surface area contributed by atoms with E-state index in [1.54, 1.807) is 7.11 Å². The van der Waals surface area contributed by atoms with Crippen molar-refractivity contribution < 1.29 is 4.74 Å². The van der Waals surface area contributed by atoms with Crippen LogP contribution < -0.4 is 5.32 Å². The van der Waals surface area contributed by atoms with E-state index in [4.69, 9.17) is 9.72 Å². The van der Waals surface area contributed by atoms with Gasteiger partial charge in [-0.1, -0.05) is 18.2 Å². The molecule has 0 bridgehead atoms. The predicted octanol–water partition coefficient (Wildman–Crippen LogP) is 3.55. The first-order valence-electron chi connectivity index (χ1n) is 8.03. The number of pyridine rings is 1. The van der Waals surface area contributed by atoms with Crippen LogP contribution >= 0.6 is 0 Å². The van der Waals surface area contributed by atoms with Crippen LogP contribution in [-0.2, 0) is 11.8 Å². The zero-order valence-corrected chi connectivity index (χ0v) is 13.9. The smallest absolute Gasteiger partial charge is 0.139 e. The molecule has 4 aromatic rings. The third kappa shape index (κ3) is 2.43. The molecule has 0 fully saturated rings. The van der Waals surface area contributed by atoms with Gasteiger partial charge in [-0.3, -0.25) is 4.40 Å². The van der Waals surface area contributed by atoms with Gasteiger partial charge in [0.05, 0.1) is 6.61 Å². The number of benzene rings is 1. The second-order valence-electron chi connectivity index (χ2n) is 5.86. The Balaban J connectivity index is 1.86. The molecule has 0 radical (unpaired) electrons. The van der Waals surface area contributed by atoms with Crippen LogP contribution in [0.5, 0.6) is 0 Å². The van der Waals surface area contributed by atoms with Crippen molar-refractivity contribution in [3.05, 3.63) is 54.9 Å². The lowest BCUT2D eigenvalue weighted by Crippen LogP contribution is -2.10. The van der Waals surface area contributed by atoms with Crippen LogP contribution in [0.15, 0.2) is 54.9 Å². The fraction of sp³-hybridized carbons (Fsp3) is 0.211. The second-order valence-corrected chi connectivity index (χ2v) is 5.86. The molecule has 0 saturated carbocycles. The largest absolute Gasteiger partial charge is 0.383 e. The minimum Gasteiger partial charge on any atom is -0.383 e. The molecule has 1 aromatic carbocycles. The van der Waals surface area contributed by atoms with Gasteiger partial charge in [-0.15, -0.1) is 0 Å². The Kier molecular flexibility index (Phi) is 3.70. The highest BCUT2D eigenvalue weighted by Gasteiger charge is 2.14. The zero-order valence-electron chi connectivity index (χ0n) is 13.9. The summed E-state index contributed by atoms with van der Waals surface area (Å²) in [7, 11) is 3.77. The molecule has 24 heavy (non-hydrogen) atoms. The van der Waals surface area contributed by atoms with Gasteiger partial charge in [0.2, 0.25) is 0 Å². The lowest BCUT2D eigenvalue weighted by atomic mass is 10.1. The van der Waals surface area contributed by atoms with Crippen LogP contribution in [0.2, 0.25) is 0 Å². The molecule has 0 aliphatic rings. The van der Waals surface area contributed by atoms with E-state index in [1.165, 1.54) is 10.9 Å². The van der Waals surface area contributed by atoms with E-state index in [0.29, 0.717) is 6.61 Å². The number of imidazole rings is 1. The maximum atomic E-state index is 5.17. The normalized spacial score (nSPS) is 11.4. The summed E-state index contributed by atoms with van der Waals surface area (Å²) >= 11 is 0. The Morgan fingerprint density at radius 2 is 2.04 bits per heavy atom. The summed E-state index contributed by atoms with van der Waals surface area (Å²) in [5.74, 6) is 0.996. The SMILES string of the molecule is COCCNc1c(-c2ccc3ccn(C)c3c2)nc2ccccn12. The van der Waals surface area contributed by atoms with E-state index in [9.17, 15) is 0 Å². The van der Waals surface area contributed by atoms with Crippen LogP contribution in [-0.4, -0.2) is 34.2 Å². The third-order valence-electron chi connectivity index (χ3n) is 4.29. The quantitative estimate of drug-likeness (QED) is 0.572. The molecule has 3 aromatic heterocycles. The van der Waals surface area contributed by atoms with Crippen molar-refractivity contribution in [2.75, 3.05) is 25.6 Å². The highest BCUT2D eigenvalue weighted by atomic mass is 16.5. The van der Waals surface area contributed by atoms with Crippen LogP contribution in [0.3, 0.4) is 0 Å². The number of hydrogen-bond donors (Lipinski definition) is 1. The molecule has 1 N–H and O–H groups in total. The summed E-state index contributed by atoms with van der Waals surface area (Å²) in [4.78, 5) is 4.83. The standard InChI is InChI=1S/C19H20N4O/c1-22-11-8-14-6-7-15(13-16(14)22)18-19(20-9-12-24-2)23-10-4-3-5-17(23)21-18/h3-8,10-11,13,20H,9,12H2,1-2H3. The number of aromatic nitrogens is 3. The van der Waals surface area contributed by atoms with E-state index < -0.39 is 0 Å². The van der Waals surface area contributed by atoms with E-state index in [1.807, 2.05) is 24.4 Å². The summed E-state index contributed by atoms with van der Waals surface area (Å²) in [6.45, 7) is 1.38. The topological polar surface area (TPSA) is 43.5 Å². The van der Waals surface area contributed by atoms with Gasteiger partial charge in [-0.25, -0.2) is 4.98 Å². The average Bonchev–Trinajstić information content (AvgIpc) is 3.16. The minimum absolute atomic E-state index is 0.649. The second kappa shape index (κ2) is 6.02. The number of ether oxygens (including phenoxy) is 1. The lowest BCUT2D eigenvalue weighted by Gasteiger charge is -2.09. The first kappa shape index (κ1) is 14.8. The summed E-state index contributed by atoms with van der Waals surface area (Å²) in [6, 6.07) is 14.6. The fourth-order valence-electron chi connectivity index (χ4n) is 3.05. The third-order valence-corrected chi connectivity index (χ3v) is 4.29. The number of methoxy groups -OCH3 is 1. The first-order chi connectivity index (χ1) is 11.8. The highest BCUT2D eigenvalue weighted by Crippen LogP contribution is 2.31. The fourth-order valence-corrected chi connectivity index (χ4v) is 3.05. The molecule has 0 spiro atoms. The molecule has 4 rings (SSSR count). The van der Waals surface area contributed by atoms with Gasteiger partial charge in [0.1, 0.15) is 17.2 Å². The van der Waals surface area contributed by atoms with E-state index in [-0.39, 0.29) is 0 Å². The molecular formula is C19H20N4O. The average molecular weight is 320 g/mol. The molecule has 3 heterocycles. The number of aryl methyl sites for hydroxylation is 1. The van der Waals surface area contributed by atoms with Crippen molar-refractivity contribution in [1.82, 2.24) is 14.0 Å². The molecule has 5 nitrogen and oxygen atoms in total. The lowest BCUT2D eigenvalue weighted by molar-refractivity contribution is 0.210. The van der Waals surface area contributed by atoms with Gasteiger partial charge in [0.15, 0.2) is 0 Å². The number of rotatable bonds is 5. The predicted molar refractivity (Wildman–Crippen MR) is 97.5 cm³/mol. The van der Waals surface area contributed by atoms with Crippen molar-refractivity contribution in [2.45, 2.75) is 0 Å². The Bertz CT molecular complexity index is 999. The van der Waals surface area contributed by atoms with Crippen LogP contribution in [0, 0.1) is 0 Å². The Morgan fingerprint density at radius 3 is 2.92 bits per heavy atom. The molecule has 0 unspecified atom stereocenters. The van der Waals surface area contributed by atoms with Gasteiger partial charge in [0.25, 0.3) is 0 Å².